The van der Waals surface area contributed by atoms with Crippen molar-refractivity contribution >= 4 is 22.0 Å². The number of nitrogens with two attached hydrogens (primary N) is 1. The fourth-order valence-corrected chi connectivity index (χ4v) is 3.33. The highest BCUT2D eigenvalue weighted by atomic mass is 79.9. The van der Waals surface area contributed by atoms with E-state index < -0.39 is 0 Å². The third-order valence-corrected chi connectivity index (χ3v) is 4.20. The maximum absolute atomic E-state index is 5.77. The lowest BCUT2D eigenvalue weighted by Gasteiger charge is -2.35. The molecule has 1 aromatic rings. The summed E-state index contributed by atoms with van der Waals surface area (Å²) in [4.78, 5) is 4.60. The van der Waals surface area contributed by atoms with Gasteiger partial charge in [-0.3, -0.25) is 0 Å². The highest BCUT2D eigenvalue weighted by Crippen LogP contribution is 2.45. The van der Waals surface area contributed by atoms with Crippen molar-refractivity contribution in [1.29, 1.82) is 0 Å². The van der Waals surface area contributed by atoms with Gasteiger partial charge in [0, 0.05) is 4.47 Å². The Labute approximate surface area is 109 Å². The number of nitrogens with zero attached hydrogens (tertiary/aromatic N) is 1. The van der Waals surface area contributed by atoms with Gasteiger partial charge in [0.2, 0.25) is 0 Å². The molecule has 0 radical (unpaired) electrons. The second kappa shape index (κ2) is 4.02. The topological polar surface area (TPSA) is 47.6 Å². The third kappa shape index (κ3) is 1.75. The lowest BCUT2D eigenvalue weighted by atomic mass is 9.75. The molecule has 3 nitrogen and oxygen atoms in total. The highest BCUT2D eigenvalue weighted by Gasteiger charge is 2.48. The van der Waals surface area contributed by atoms with Crippen molar-refractivity contribution in [2.75, 3.05) is 0 Å². The maximum Gasteiger partial charge on any atom is 0.283 e. The van der Waals surface area contributed by atoms with Gasteiger partial charge in [-0.25, -0.2) is 4.99 Å². The van der Waals surface area contributed by atoms with Crippen LogP contribution in [-0.4, -0.2) is 12.1 Å². The van der Waals surface area contributed by atoms with E-state index in [0.29, 0.717) is 6.02 Å². The zero-order valence-corrected chi connectivity index (χ0v) is 11.1. The van der Waals surface area contributed by atoms with Crippen LogP contribution in [0.4, 0.5) is 0 Å². The summed E-state index contributed by atoms with van der Waals surface area (Å²) in [7, 11) is 0. The molecule has 1 aliphatic heterocycles. The van der Waals surface area contributed by atoms with Gasteiger partial charge in [0.15, 0.2) is 0 Å². The van der Waals surface area contributed by atoms with Crippen molar-refractivity contribution in [1.82, 2.24) is 0 Å². The Hall–Kier alpha value is -1.03. The molecule has 1 fully saturated rings. The van der Waals surface area contributed by atoms with Crippen molar-refractivity contribution in [3.8, 4) is 0 Å². The molecular formula is C13H15BrN2O. The van der Waals surface area contributed by atoms with Crippen LogP contribution in [0.3, 0.4) is 0 Å². The molecule has 1 heterocycles. The Morgan fingerprint density at radius 1 is 1.41 bits per heavy atom. The molecule has 2 aliphatic rings. The summed E-state index contributed by atoms with van der Waals surface area (Å²) in [6.07, 6.45) is 4.56. The largest absolute Gasteiger partial charge is 0.459 e. The number of amidine groups is 1. The number of aliphatic imine (C=N–C) groups is 1. The molecule has 90 valence electrons. The molecule has 0 unspecified atom stereocenters. The average molecular weight is 295 g/mol. The standard InChI is InChI=1S/C13H15BrN2O/c14-10-5-3-4-9(8-10)13-7-2-1-6-11(13)17-12(15)16-13/h3-5,8,11H,1-2,6-7H2,(H2,15,16)/t11-,13-/m1/s1. The first-order valence-electron chi connectivity index (χ1n) is 5.99. The maximum atomic E-state index is 5.77. The smallest absolute Gasteiger partial charge is 0.283 e. The van der Waals surface area contributed by atoms with Gasteiger partial charge in [0.25, 0.3) is 6.02 Å². The Kier molecular flexibility index (Phi) is 2.62. The second-order valence-corrected chi connectivity index (χ2v) is 5.65. The highest BCUT2D eigenvalue weighted by molar-refractivity contribution is 9.10. The van der Waals surface area contributed by atoms with Gasteiger partial charge in [-0.15, -0.1) is 0 Å². The number of ether oxygens (including phenoxy) is 1. The van der Waals surface area contributed by atoms with Gasteiger partial charge in [0.1, 0.15) is 11.6 Å². The molecule has 0 saturated heterocycles. The van der Waals surface area contributed by atoms with E-state index in [1.807, 2.05) is 12.1 Å². The van der Waals surface area contributed by atoms with Gasteiger partial charge in [-0.1, -0.05) is 34.5 Å². The number of hydrogen-bond donors (Lipinski definition) is 1. The molecule has 2 atom stereocenters. The van der Waals surface area contributed by atoms with Gasteiger partial charge in [-0.05, 0) is 37.0 Å². The minimum absolute atomic E-state index is 0.116. The molecule has 1 aromatic carbocycles. The van der Waals surface area contributed by atoms with Crippen LogP contribution in [0.25, 0.3) is 0 Å². The number of hydrogen-bond acceptors (Lipinski definition) is 3. The van der Waals surface area contributed by atoms with E-state index in [1.165, 1.54) is 18.4 Å². The lowest BCUT2D eigenvalue weighted by Crippen LogP contribution is -2.38. The third-order valence-electron chi connectivity index (χ3n) is 3.70. The number of rotatable bonds is 1. The number of benzene rings is 1. The quantitative estimate of drug-likeness (QED) is 0.866. The van der Waals surface area contributed by atoms with Crippen LogP contribution in [0.15, 0.2) is 33.7 Å². The van der Waals surface area contributed by atoms with E-state index in [9.17, 15) is 0 Å². The number of halogens is 1. The van der Waals surface area contributed by atoms with Crippen molar-refractivity contribution in [3.05, 3.63) is 34.3 Å². The van der Waals surface area contributed by atoms with Gasteiger partial charge in [0.05, 0.1) is 0 Å². The summed E-state index contributed by atoms with van der Waals surface area (Å²) < 4.78 is 6.75. The predicted octanol–water partition coefficient (Wildman–Crippen LogP) is 2.93. The van der Waals surface area contributed by atoms with Gasteiger partial charge >= 0.3 is 0 Å². The first-order valence-corrected chi connectivity index (χ1v) is 6.78. The van der Waals surface area contributed by atoms with E-state index in [1.54, 1.807) is 0 Å². The Bertz CT molecular complexity index is 474. The van der Waals surface area contributed by atoms with Crippen LogP contribution in [-0.2, 0) is 10.3 Å². The molecule has 0 bridgehead atoms. The zero-order valence-electron chi connectivity index (χ0n) is 9.53. The van der Waals surface area contributed by atoms with Crippen LogP contribution < -0.4 is 5.73 Å². The average Bonchev–Trinajstić information content (AvgIpc) is 2.66. The van der Waals surface area contributed by atoms with Crippen molar-refractivity contribution in [3.63, 3.8) is 0 Å². The Morgan fingerprint density at radius 3 is 3.12 bits per heavy atom. The van der Waals surface area contributed by atoms with Gasteiger partial charge < -0.3 is 10.5 Å². The fourth-order valence-electron chi connectivity index (χ4n) is 2.93. The summed E-state index contributed by atoms with van der Waals surface area (Å²) >= 11 is 3.52. The molecule has 1 saturated carbocycles. The summed E-state index contributed by atoms with van der Waals surface area (Å²) in [6, 6.07) is 8.67. The first kappa shape index (κ1) is 11.1. The molecule has 2 N–H and O–H groups in total. The normalized spacial score (nSPS) is 31.6. The van der Waals surface area contributed by atoms with Crippen molar-refractivity contribution in [2.45, 2.75) is 37.3 Å². The molecule has 0 amide bonds. The molecule has 1 aliphatic carbocycles. The van der Waals surface area contributed by atoms with Crippen LogP contribution in [0, 0.1) is 0 Å². The van der Waals surface area contributed by atoms with E-state index in [2.05, 4.69) is 33.1 Å². The van der Waals surface area contributed by atoms with E-state index in [-0.39, 0.29) is 11.6 Å². The molecule has 3 rings (SSSR count). The summed E-state index contributed by atoms with van der Waals surface area (Å²) in [5, 5.41) is 0. The minimum atomic E-state index is -0.244. The van der Waals surface area contributed by atoms with Crippen molar-refractivity contribution < 1.29 is 4.74 Å². The predicted molar refractivity (Wildman–Crippen MR) is 70.8 cm³/mol. The molecule has 17 heavy (non-hydrogen) atoms. The Morgan fingerprint density at radius 2 is 2.29 bits per heavy atom. The lowest BCUT2D eigenvalue weighted by molar-refractivity contribution is 0.0907. The first-order chi connectivity index (χ1) is 8.21. The summed E-state index contributed by atoms with van der Waals surface area (Å²) in [5.74, 6) is 0. The number of fused-ring (bicyclic) bond motifs is 1. The molecule has 4 heteroatoms. The second-order valence-electron chi connectivity index (χ2n) is 4.74. The Balaban J connectivity index is 2.08. The monoisotopic (exact) mass is 294 g/mol. The van der Waals surface area contributed by atoms with Crippen LogP contribution >= 0.6 is 15.9 Å². The van der Waals surface area contributed by atoms with Crippen molar-refractivity contribution in [2.24, 2.45) is 10.7 Å². The van der Waals surface area contributed by atoms with E-state index >= 15 is 0 Å². The molecular weight excluding hydrogens is 280 g/mol. The molecule has 0 spiro atoms. The van der Waals surface area contributed by atoms with E-state index in [4.69, 9.17) is 10.5 Å². The SMILES string of the molecule is NC1=N[C@@]2(c3cccc(Br)c3)CCCC[C@H]2O1. The summed E-state index contributed by atoms with van der Waals surface area (Å²) in [5.41, 5.74) is 6.73. The van der Waals surface area contributed by atoms with E-state index in [0.717, 1.165) is 17.3 Å². The fraction of sp³-hybridized carbons (Fsp3) is 0.462. The van der Waals surface area contributed by atoms with Crippen LogP contribution in [0.2, 0.25) is 0 Å². The van der Waals surface area contributed by atoms with Crippen LogP contribution in [0.5, 0.6) is 0 Å². The van der Waals surface area contributed by atoms with Crippen LogP contribution in [0.1, 0.15) is 31.2 Å². The van der Waals surface area contributed by atoms with Gasteiger partial charge in [-0.2, -0.15) is 0 Å². The summed E-state index contributed by atoms with van der Waals surface area (Å²) in [6.45, 7) is 0. The zero-order chi connectivity index (χ0) is 11.9. The minimum Gasteiger partial charge on any atom is -0.459 e. The molecule has 0 aromatic heterocycles.